The number of pyridine rings is 1. The van der Waals surface area contributed by atoms with E-state index in [0.717, 1.165) is 36.0 Å². The monoisotopic (exact) mass is 440 g/mol. The molecule has 154 valence electrons. The predicted molar refractivity (Wildman–Crippen MR) is 119 cm³/mol. The van der Waals surface area contributed by atoms with Gasteiger partial charge in [-0.05, 0) is 35.7 Å². The van der Waals surface area contributed by atoms with E-state index in [1.54, 1.807) is 29.8 Å². The standard InChI is InChI=1S/C20H20N6O2S2/c27-30(28,20-2-1-11-29-20)26-18-12-19(22-13-15(18)14-23-26)24-16-3-5-17(6-4-16)25-9-7-21-8-10-25/h1-6,11-14,21H,7-10H2,(H,22,24). The number of hydrogen-bond donors (Lipinski definition) is 2. The molecule has 0 saturated carbocycles. The molecule has 8 nitrogen and oxygen atoms in total. The molecule has 0 atom stereocenters. The lowest BCUT2D eigenvalue weighted by Gasteiger charge is -2.29. The second kappa shape index (κ2) is 7.71. The molecule has 5 rings (SSSR count). The normalized spacial score (nSPS) is 14.9. The fraction of sp³-hybridized carbons (Fsp3) is 0.200. The SMILES string of the molecule is O=S(=O)(c1cccs1)n1ncc2cnc(Nc3ccc(N4CCNCC4)cc3)cc21. The van der Waals surface area contributed by atoms with E-state index in [1.807, 2.05) is 12.1 Å². The maximum atomic E-state index is 12.9. The summed E-state index contributed by atoms with van der Waals surface area (Å²) in [6.07, 6.45) is 3.14. The number of nitrogens with one attached hydrogen (secondary N) is 2. The van der Waals surface area contributed by atoms with E-state index in [0.29, 0.717) is 16.7 Å². The molecule has 1 saturated heterocycles. The Labute approximate surface area is 178 Å². The number of fused-ring (bicyclic) bond motifs is 1. The lowest BCUT2D eigenvalue weighted by molar-refractivity contribution is 0.584. The Morgan fingerprint density at radius 3 is 2.60 bits per heavy atom. The molecule has 4 aromatic rings. The quantitative estimate of drug-likeness (QED) is 0.493. The van der Waals surface area contributed by atoms with Crippen molar-refractivity contribution in [2.24, 2.45) is 0 Å². The van der Waals surface area contributed by atoms with Crippen molar-refractivity contribution in [3.8, 4) is 0 Å². The van der Waals surface area contributed by atoms with Gasteiger partial charge in [-0.2, -0.15) is 17.6 Å². The molecule has 1 fully saturated rings. The van der Waals surface area contributed by atoms with Crippen LogP contribution in [0.5, 0.6) is 0 Å². The molecule has 0 aliphatic carbocycles. The van der Waals surface area contributed by atoms with Gasteiger partial charge in [-0.25, -0.2) is 4.98 Å². The van der Waals surface area contributed by atoms with Crippen molar-refractivity contribution >= 4 is 49.5 Å². The summed E-state index contributed by atoms with van der Waals surface area (Å²) in [5.74, 6) is 0.556. The summed E-state index contributed by atoms with van der Waals surface area (Å²) in [6.45, 7) is 3.97. The van der Waals surface area contributed by atoms with Crippen LogP contribution >= 0.6 is 11.3 Å². The fourth-order valence-corrected chi connectivity index (χ4v) is 5.80. The fourth-order valence-electron chi connectivity index (χ4n) is 3.48. The summed E-state index contributed by atoms with van der Waals surface area (Å²) in [6, 6.07) is 13.2. The minimum atomic E-state index is -3.73. The summed E-state index contributed by atoms with van der Waals surface area (Å²) in [5, 5.41) is 13.1. The van der Waals surface area contributed by atoms with Crippen molar-refractivity contribution in [3.63, 3.8) is 0 Å². The number of piperazine rings is 1. The number of hydrogen-bond acceptors (Lipinski definition) is 8. The van der Waals surface area contributed by atoms with E-state index < -0.39 is 10.0 Å². The van der Waals surface area contributed by atoms with Crippen LogP contribution in [-0.4, -0.2) is 48.8 Å². The zero-order valence-electron chi connectivity index (χ0n) is 16.0. The molecule has 1 aromatic carbocycles. The molecule has 30 heavy (non-hydrogen) atoms. The third-order valence-electron chi connectivity index (χ3n) is 5.02. The molecule has 10 heteroatoms. The number of nitrogens with zero attached hydrogens (tertiary/aromatic N) is 4. The van der Waals surface area contributed by atoms with Crippen LogP contribution in [0.2, 0.25) is 0 Å². The first kappa shape index (κ1) is 19.0. The van der Waals surface area contributed by atoms with Gasteiger partial charge in [-0.3, -0.25) is 0 Å². The highest BCUT2D eigenvalue weighted by Gasteiger charge is 2.21. The highest BCUT2D eigenvalue weighted by atomic mass is 32.2. The number of benzene rings is 1. The van der Waals surface area contributed by atoms with Crippen LogP contribution in [0.4, 0.5) is 17.2 Å². The smallest absolute Gasteiger partial charge is 0.293 e. The third kappa shape index (κ3) is 3.53. The second-order valence-corrected chi connectivity index (χ2v) is 9.90. The molecule has 0 bridgehead atoms. The number of rotatable bonds is 5. The molecule has 0 radical (unpaired) electrons. The van der Waals surface area contributed by atoms with Gasteiger partial charge in [0.15, 0.2) is 0 Å². The molecule has 4 heterocycles. The van der Waals surface area contributed by atoms with Gasteiger partial charge in [0.1, 0.15) is 10.0 Å². The van der Waals surface area contributed by atoms with Gasteiger partial charge >= 0.3 is 0 Å². The highest BCUT2D eigenvalue weighted by molar-refractivity contribution is 7.92. The van der Waals surface area contributed by atoms with E-state index in [2.05, 4.69) is 37.7 Å². The average Bonchev–Trinajstić information content (AvgIpc) is 3.46. The molecule has 0 amide bonds. The van der Waals surface area contributed by atoms with Gasteiger partial charge in [0.25, 0.3) is 10.0 Å². The van der Waals surface area contributed by atoms with E-state index in [9.17, 15) is 8.42 Å². The molecular weight excluding hydrogens is 420 g/mol. The first-order chi connectivity index (χ1) is 14.6. The van der Waals surface area contributed by atoms with Crippen molar-refractivity contribution in [1.29, 1.82) is 0 Å². The minimum absolute atomic E-state index is 0.252. The van der Waals surface area contributed by atoms with E-state index in [1.165, 1.54) is 23.2 Å². The molecule has 1 aliphatic heterocycles. The van der Waals surface area contributed by atoms with Gasteiger partial charge in [0.05, 0.1) is 11.7 Å². The first-order valence-electron chi connectivity index (χ1n) is 9.57. The van der Waals surface area contributed by atoms with Crippen molar-refractivity contribution < 1.29 is 8.42 Å². The topological polar surface area (TPSA) is 92.1 Å². The summed E-state index contributed by atoms with van der Waals surface area (Å²) in [4.78, 5) is 6.74. The maximum absolute atomic E-state index is 12.9. The van der Waals surface area contributed by atoms with Crippen LogP contribution in [-0.2, 0) is 10.0 Å². The molecule has 3 aromatic heterocycles. The van der Waals surface area contributed by atoms with E-state index in [4.69, 9.17) is 0 Å². The lowest BCUT2D eigenvalue weighted by atomic mass is 10.2. The van der Waals surface area contributed by atoms with Gasteiger partial charge in [-0.15, -0.1) is 11.3 Å². The van der Waals surface area contributed by atoms with Gasteiger partial charge in [0.2, 0.25) is 0 Å². The molecular formula is C20H20N6O2S2. The highest BCUT2D eigenvalue weighted by Crippen LogP contribution is 2.26. The zero-order chi connectivity index (χ0) is 20.6. The third-order valence-corrected chi connectivity index (χ3v) is 7.99. The second-order valence-electron chi connectivity index (χ2n) is 6.96. The van der Waals surface area contributed by atoms with Crippen molar-refractivity contribution in [2.75, 3.05) is 36.4 Å². The van der Waals surface area contributed by atoms with Crippen molar-refractivity contribution in [2.45, 2.75) is 4.21 Å². The van der Waals surface area contributed by atoms with Crippen LogP contribution < -0.4 is 15.5 Å². The minimum Gasteiger partial charge on any atom is -0.369 e. The van der Waals surface area contributed by atoms with Crippen LogP contribution in [0.1, 0.15) is 0 Å². The maximum Gasteiger partial charge on any atom is 0.293 e. The van der Waals surface area contributed by atoms with Crippen LogP contribution in [0.15, 0.2) is 64.4 Å². The lowest BCUT2D eigenvalue weighted by Crippen LogP contribution is -2.43. The molecule has 1 aliphatic rings. The first-order valence-corrected chi connectivity index (χ1v) is 11.9. The zero-order valence-corrected chi connectivity index (χ0v) is 17.7. The summed E-state index contributed by atoms with van der Waals surface area (Å²) >= 11 is 1.17. The Morgan fingerprint density at radius 1 is 1.07 bits per heavy atom. The van der Waals surface area contributed by atoms with Crippen LogP contribution in [0, 0.1) is 0 Å². The Bertz CT molecular complexity index is 1260. The number of anilines is 3. The van der Waals surface area contributed by atoms with Crippen molar-refractivity contribution in [1.82, 2.24) is 19.5 Å². The molecule has 0 unspecified atom stereocenters. The van der Waals surface area contributed by atoms with Gasteiger partial charge < -0.3 is 15.5 Å². The Balaban J connectivity index is 1.41. The van der Waals surface area contributed by atoms with E-state index in [-0.39, 0.29) is 4.21 Å². The average molecular weight is 441 g/mol. The summed E-state index contributed by atoms with van der Waals surface area (Å²) < 4.78 is 27.1. The molecule has 0 spiro atoms. The molecule has 2 N–H and O–H groups in total. The Morgan fingerprint density at radius 2 is 1.87 bits per heavy atom. The number of thiophene rings is 1. The van der Waals surface area contributed by atoms with Crippen LogP contribution in [0.25, 0.3) is 10.9 Å². The Hall–Kier alpha value is -2.95. The van der Waals surface area contributed by atoms with Gasteiger partial charge in [-0.1, -0.05) is 6.07 Å². The summed E-state index contributed by atoms with van der Waals surface area (Å²) in [5.41, 5.74) is 2.55. The number of aromatic nitrogens is 3. The Kier molecular flexibility index (Phi) is 4.89. The van der Waals surface area contributed by atoms with E-state index >= 15 is 0 Å². The van der Waals surface area contributed by atoms with Gasteiger partial charge in [0, 0.05) is 55.2 Å². The van der Waals surface area contributed by atoms with Crippen molar-refractivity contribution in [3.05, 3.63) is 60.2 Å². The summed E-state index contributed by atoms with van der Waals surface area (Å²) in [7, 11) is -3.73. The largest absolute Gasteiger partial charge is 0.369 e. The van der Waals surface area contributed by atoms with Crippen LogP contribution in [0.3, 0.4) is 0 Å². The predicted octanol–water partition coefficient (Wildman–Crippen LogP) is 2.88.